The van der Waals surface area contributed by atoms with Crippen molar-refractivity contribution in [3.05, 3.63) is 47.0 Å². The first-order valence-corrected chi connectivity index (χ1v) is 9.02. The third-order valence-electron chi connectivity index (χ3n) is 3.90. The topological polar surface area (TPSA) is 77.1 Å². The predicted molar refractivity (Wildman–Crippen MR) is 109 cm³/mol. The van der Waals surface area contributed by atoms with E-state index in [1.807, 2.05) is 6.92 Å². The van der Waals surface area contributed by atoms with E-state index in [9.17, 15) is 9.59 Å². The van der Waals surface area contributed by atoms with Crippen LogP contribution in [0, 0.1) is 0 Å². The van der Waals surface area contributed by atoms with Crippen molar-refractivity contribution in [3.8, 4) is 11.5 Å². The molecular weight excluding hydrogens is 384 g/mol. The minimum atomic E-state index is -0.482. The van der Waals surface area contributed by atoms with E-state index in [1.165, 1.54) is 25.2 Å². The number of benzene rings is 2. The number of hydrogen-bond acceptors (Lipinski definition) is 5. The van der Waals surface area contributed by atoms with Crippen molar-refractivity contribution in [2.45, 2.75) is 13.3 Å². The van der Waals surface area contributed by atoms with Crippen LogP contribution in [0.25, 0.3) is 0 Å². The Kier molecular flexibility index (Phi) is 7.52. The summed E-state index contributed by atoms with van der Waals surface area (Å²) in [6, 6.07) is 9.87. The highest BCUT2D eigenvalue weighted by molar-refractivity contribution is 6.32. The fourth-order valence-electron chi connectivity index (χ4n) is 2.41. The third-order valence-corrected chi connectivity index (χ3v) is 4.18. The highest BCUT2D eigenvalue weighted by atomic mass is 35.5. The molecule has 0 saturated heterocycles. The van der Waals surface area contributed by atoms with Crippen molar-refractivity contribution in [1.82, 2.24) is 0 Å². The quantitative estimate of drug-likeness (QED) is 0.727. The number of carbonyl (C=O) groups excluding carboxylic acids is 2. The van der Waals surface area contributed by atoms with Crippen LogP contribution in [0.4, 0.5) is 16.2 Å². The van der Waals surface area contributed by atoms with E-state index in [4.69, 9.17) is 21.1 Å². The molecule has 0 aliphatic carbocycles. The van der Waals surface area contributed by atoms with Crippen molar-refractivity contribution in [2.75, 3.05) is 38.1 Å². The Bertz CT molecular complexity index is 839. The second-order valence-electron chi connectivity index (χ2n) is 5.87. The first-order chi connectivity index (χ1) is 13.4. The molecule has 0 unspecified atom stereocenters. The van der Waals surface area contributed by atoms with Gasteiger partial charge in [0.2, 0.25) is 0 Å². The number of halogens is 1. The van der Waals surface area contributed by atoms with Crippen LogP contribution >= 0.6 is 11.6 Å². The maximum atomic E-state index is 12.6. The highest BCUT2D eigenvalue weighted by Crippen LogP contribution is 2.36. The van der Waals surface area contributed by atoms with E-state index in [0.717, 1.165) is 6.42 Å². The molecule has 2 amide bonds. The molecule has 0 aliphatic rings. The van der Waals surface area contributed by atoms with Crippen LogP contribution in [0.1, 0.15) is 23.7 Å². The number of nitrogens with zero attached hydrogens (tertiary/aromatic N) is 1. The maximum Gasteiger partial charge on any atom is 0.413 e. The van der Waals surface area contributed by atoms with Crippen LogP contribution in [0.2, 0.25) is 5.02 Å². The number of ether oxygens (including phenoxy) is 3. The van der Waals surface area contributed by atoms with Gasteiger partial charge in [0.15, 0.2) is 11.5 Å². The summed E-state index contributed by atoms with van der Waals surface area (Å²) in [4.78, 5) is 25.5. The van der Waals surface area contributed by atoms with E-state index in [0.29, 0.717) is 40.1 Å². The summed E-state index contributed by atoms with van der Waals surface area (Å²) in [5, 5.41) is 3.08. The zero-order valence-corrected chi connectivity index (χ0v) is 17.0. The zero-order valence-electron chi connectivity index (χ0n) is 16.2. The monoisotopic (exact) mass is 406 g/mol. The lowest BCUT2D eigenvalue weighted by Crippen LogP contribution is -2.25. The Balaban J connectivity index is 2.16. The molecule has 0 aliphatic heterocycles. The normalized spacial score (nSPS) is 10.2. The molecule has 2 rings (SSSR count). The van der Waals surface area contributed by atoms with Gasteiger partial charge in [-0.25, -0.2) is 4.79 Å². The van der Waals surface area contributed by atoms with Gasteiger partial charge in [0.05, 0.1) is 25.8 Å². The fraction of sp³-hybridized carbons (Fsp3) is 0.300. The van der Waals surface area contributed by atoms with Gasteiger partial charge < -0.3 is 19.5 Å². The van der Waals surface area contributed by atoms with Gasteiger partial charge >= 0.3 is 6.09 Å². The van der Waals surface area contributed by atoms with E-state index in [1.54, 1.807) is 37.4 Å². The minimum Gasteiger partial charge on any atom is -0.493 e. The standard InChI is InChI=1S/C20H23ClN2O5/c1-5-10-28-18-16(21)11-13(12-17(18)26-3)19(24)22-14-6-8-15(9-7-14)23(2)20(25)27-4/h6-9,11-12H,5,10H2,1-4H3,(H,22,24). The van der Waals surface area contributed by atoms with E-state index < -0.39 is 6.09 Å². The molecule has 2 aromatic carbocycles. The molecule has 0 radical (unpaired) electrons. The molecule has 2 aromatic rings. The number of carbonyl (C=O) groups is 2. The summed E-state index contributed by atoms with van der Waals surface area (Å²) < 4.78 is 15.6. The van der Waals surface area contributed by atoms with Crippen LogP contribution in [0.15, 0.2) is 36.4 Å². The van der Waals surface area contributed by atoms with Crippen LogP contribution in [0.3, 0.4) is 0 Å². The summed E-state index contributed by atoms with van der Waals surface area (Å²) in [6.07, 6.45) is 0.340. The van der Waals surface area contributed by atoms with E-state index in [2.05, 4.69) is 10.1 Å². The molecular formula is C20H23ClN2O5. The molecule has 0 bridgehead atoms. The van der Waals surface area contributed by atoms with Crippen LogP contribution in [-0.4, -0.2) is 39.9 Å². The number of rotatable bonds is 7. The van der Waals surface area contributed by atoms with E-state index in [-0.39, 0.29) is 5.91 Å². The SMILES string of the molecule is CCCOc1c(Cl)cc(C(=O)Nc2ccc(N(C)C(=O)OC)cc2)cc1OC. The molecule has 0 saturated carbocycles. The van der Waals surface area contributed by atoms with Gasteiger partial charge in [0.25, 0.3) is 5.91 Å². The number of methoxy groups -OCH3 is 2. The molecule has 150 valence electrons. The maximum absolute atomic E-state index is 12.6. The lowest BCUT2D eigenvalue weighted by Gasteiger charge is -2.16. The molecule has 1 N–H and O–H groups in total. The average molecular weight is 407 g/mol. The molecule has 0 fully saturated rings. The van der Waals surface area contributed by atoms with Gasteiger partial charge in [-0.15, -0.1) is 0 Å². The van der Waals surface area contributed by atoms with Crippen molar-refractivity contribution in [2.24, 2.45) is 0 Å². The summed E-state index contributed by atoms with van der Waals surface area (Å²) in [5.74, 6) is 0.454. The van der Waals surface area contributed by atoms with Gasteiger partial charge in [0.1, 0.15) is 0 Å². The smallest absolute Gasteiger partial charge is 0.413 e. The third kappa shape index (κ3) is 5.07. The van der Waals surface area contributed by atoms with Crippen LogP contribution < -0.4 is 19.7 Å². The van der Waals surface area contributed by atoms with Crippen LogP contribution in [-0.2, 0) is 4.74 Å². The number of amides is 2. The Hall–Kier alpha value is -2.93. The Morgan fingerprint density at radius 3 is 2.39 bits per heavy atom. The van der Waals surface area contributed by atoms with Gasteiger partial charge in [-0.1, -0.05) is 18.5 Å². The summed E-state index contributed by atoms with van der Waals surface area (Å²) in [6.45, 7) is 2.48. The fourth-order valence-corrected chi connectivity index (χ4v) is 2.67. The van der Waals surface area contributed by atoms with Crippen molar-refractivity contribution >= 4 is 35.0 Å². The Labute approximate surface area is 169 Å². The Morgan fingerprint density at radius 1 is 1.14 bits per heavy atom. The first kappa shape index (κ1) is 21.4. The zero-order chi connectivity index (χ0) is 20.7. The highest BCUT2D eigenvalue weighted by Gasteiger charge is 2.16. The Morgan fingerprint density at radius 2 is 1.82 bits per heavy atom. The van der Waals surface area contributed by atoms with Gasteiger partial charge in [0, 0.05) is 24.0 Å². The summed E-state index contributed by atoms with van der Waals surface area (Å²) >= 11 is 6.26. The van der Waals surface area contributed by atoms with Crippen molar-refractivity contribution in [3.63, 3.8) is 0 Å². The summed E-state index contributed by atoms with van der Waals surface area (Å²) in [5.41, 5.74) is 1.53. The van der Waals surface area contributed by atoms with Crippen molar-refractivity contribution < 1.29 is 23.8 Å². The lowest BCUT2D eigenvalue weighted by molar-refractivity contribution is 0.102. The number of nitrogens with one attached hydrogen (secondary N) is 1. The molecule has 0 atom stereocenters. The first-order valence-electron chi connectivity index (χ1n) is 8.64. The van der Waals surface area contributed by atoms with Gasteiger partial charge in [-0.05, 0) is 42.8 Å². The molecule has 0 spiro atoms. The van der Waals surface area contributed by atoms with E-state index >= 15 is 0 Å². The average Bonchev–Trinajstić information content (AvgIpc) is 2.71. The van der Waals surface area contributed by atoms with Crippen LogP contribution in [0.5, 0.6) is 11.5 Å². The summed E-state index contributed by atoms with van der Waals surface area (Å²) in [7, 11) is 4.39. The molecule has 0 heterocycles. The minimum absolute atomic E-state index is 0.299. The predicted octanol–water partition coefficient (Wildman–Crippen LogP) is 4.59. The van der Waals surface area contributed by atoms with Gasteiger partial charge in [-0.3, -0.25) is 9.69 Å². The largest absolute Gasteiger partial charge is 0.493 e. The van der Waals surface area contributed by atoms with Crippen molar-refractivity contribution in [1.29, 1.82) is 0 Å². The van der Waals surface area contributed by atoms with Gasteiger partial charge in [-0.2, -0.15) is 0 Å². The molecule has 0 aromatic heterocycles. The molecule has 7 nitrogen and oxygen atoms in total. The number of hydrogen-bond donors (Lipinski definition) is 1. The molecule has 28 heavy (non-hydrogen) atoms. The molecule has 8 heteroatoms. The second kappa shape index (κ2) is 9.85. The second-order valence-corrected chi connectivity index (χ2v) is 6.28. The lowest BCUT2D eigenvalue weighted by atomic mass is 10.1. The number of anilines is 2.